The smallest absolute Gasteiger partial charge is 0.122 e. The highest BCUT2D eigenvalue weighted by atomic mass is 32.2. The van der Waals surface area contributed by atoms with Crippen LogP contribution in [0.1, 0.15) is 18.1 Å². The third kappa shape index (κ3) is 3.39. The van der Waals surface area contributed by atoms with Crippen LogP contribution >= 0.6 is 11.8 Å². The van der Waals surface area contributed by atoms with Crippen molar-refractivity contribution in [1.82, 2.24) is 5.32 Å². The Hall–Kier alpha value is -0.670. The summed E-state index contributed by atoms with van der Waals surface area (Å²) >= 11 is 2.05. The molecule has 3 heteroatoms. The predicted octanol–water partition coefficient (Wildman–Crippen LogP) is 2.51. The number of rotatable bonds is 4. The number of benzene rings is 1. The number of ether oxygens (including phenoxy) is 1. The van der Waals surface area contributed by atoms with Crippen molar-refractivity contribution in [3.05, 3.63) is 29.3 Å². The highest BCUT2D eigenvalue weighted by Crippen LogP contribution is 2.22. The van der Waals surface area contributed by atoms with Gasteiger partial charge in [-0.3, -0.25) is 0 Å². The summed E-state index contributed by atoms with van der Waals surface area (Å²) in [5, 5.41) is 3.58. The van der Waals surface area contributed by atoms with Crippen LogP contribution in [0.5, 0.6) is 5.75 Å². The van der Waals surface area contributed by atoms with Gasteiger partial charge in [0.25, 0.3) is 0 Å². The summed E-state index contributed by atoms with van der Waals surface area (Å²) in [4.78, 5) is 0. The molecule has 0 saturated carbocycles. The second kappa shape index (κ2) is 6.31. The molecule has 0 radical (unpaired) electrons. The van der Waals surface area contributed by atoms with E-state index in [2.05, 4.69) is 42.2 Å². The van der Waals surface area contributed by atoms with Crippen molar-refractivity contribution in [2.24, 2.45) is 0 Å². The molecule has 2 nitrogen and oxygen atoms in total. The molecule has 1 aromatic carbocycles. The molecule has 94 valence electrons. The average Bonchev–Trinajstić information content (AvgIpc) is 2.40. The molecule has 0 bridgehead atoms. The van der Waals surface area contributed by atoms with Gasteiger partial charge in [-0.15, -0.1) is 0 Å². The third-order valence-electron chi connectivity index (χ3n) is 3.21. The van der Waals surface area contributed by atoms with Crippen molar-refractivity contribution in [3.63, 3.8) is 0 Å². The number of methoxy groups -OCH3 is 1. The molecule has 1 unspecified atom stereocenters. The third-order valence-corrected chi connectivity index (χ3v) is 4.34. The van der Waals surface area contributed by atoms with E-state index in [4.69, 9.17) is 4.74 Å². The summed E-state index contributed by atoms with van der Waals surface area (Å²) in [5.41, 5.74) is 2.73. The minimum atomic E-state index is 0.631. The quantitative estimate of drug-likeness (QED) is 0.888. The van der Waals surface area contributed by atoms with Crippen LogP contribution in [0.15, 0.2) is 18.2 Å². The van der Waals surface area contributed by atoms with Crippen LogP contribution in [0.3, 0.4) is 0 Å². The molecule has 1 saturated heterocycles. The van der Waals surface area contributed by atoms with Crippen LogP contribution in [0.4, 0.5) is 0 Å². The Morgan fingerprint density at radius 2 is 2.35 bits per heavy atom. The number of thioether (sulfide) groups is 1. The van der Waals surface area contributed by atoms with E-state index in [1.807, 2.05) is 0 Å². The molecule has 17 heavy (non-hydrogen) atoms. The number of hydrogen-bond acceptors (Lipinski definition) is 3. The summed E-state index contributed by atoms with van der Waals surface area (Å²) in [6, 6.07) is 7.22. The first-order chi connectivity index (χ1) is 8.33. The molecule has 1 heterocycles. The Bertz CT molecular complexity index is 361. The monoisotopic (exact) mass is 251 g/mol. The van der Waals surface area contributed by atoms with E-state index >= 15 is 0 Å². The molecule has 0 aromatic heterocycles. The van der Waals surface area contributed by atoms with E-state index in [0.29, 0.717) is 6.04 Å². The van der Waals surface area contributed by atoms with Gasteiger partial charge in [0, 0.05) is 24.1 Å². The zero-order chi connectivity index (χ0) is 12.1. The summed E-state index contributed by atoms with van der Waals surface area (Å²) in [7, 11) is 1.74. The van der Waals surface area contributed by atoms with Crippen molar-refractivity contribution in [2.75, 3.05) is 25.2 Å². The maximum Gasteiger partial charge on any atom is 0.122 e. The zero-order valence-electron chi connectivity index (χ0n) is 10.7. The van der Waals surface area contributed by atoms with Gasteiger partial charge in [-0.25, -0.2) is 0 Å². The van der Waals surface area contributed by atoms with Crippen LogP contribution in [0.2, 0.25) is 0 Å². The second-order valence-corrected chi connectivity index (χ2v) is 5.58. The first-order valence-electron chi connectivity index (χ1n) is 6.30. The molecule has 1 atom stereocenters. The lowest BCUT2D eigenvalue weighted by atomic mass is 10.0. The summed E-state index contributed by atoms with van der Waals surface area (Å²) in [5.74, 6) is 3.49. The maximum atomic E-state index is 5.36. The highest BCUT2D eigenvalue weighted by molar-refractivity contribution is 7.99. The fourth-order valence-electron chi connectivity index (χ4n) is 2.27. The van der Waals surface area contributed by atoms with E-state index in [-0.39, 0.29) is 0 Å². The SMILES string of the molecule is CCc1cc(CC2CSCCN2)ccc1OC. The van der Waals surface area contributed by atoms with Gasteiger partial charge >= 0.3 is 0 Å². The van der Waals surface area contributed by atoms with Crippen molar-refractivity contribution in [1.29, 1.82) is 0 Å². The van der Waals surface area contributed by atoms with Gasteiger partial charge in [-0.2, -0.15) is 11.8 Å². The minimum Gasteiger partial charge on any atom is -0.496 e. The van der Waals surface area contributed by atoms with E-state index in [0.717, 1.165) is 25.1 Å². The fraction of sp³-hybridized carbons (Fsp3) is 0.571. The molecule has 1 fully saturated rings. The van der Waals surface area contributed by atoms with Gasteiger partial charge < -0.3 is 10.1 Å². The first-order valence-corrected chi connectivity index (χ1v) is 7.46. The normalized spacial score (nSPS) is 20.2. The van der Waals surface area contributed by atoms with Gasteiger partial charge in [-0.1, -0.05) is 19.1 Å². The average molecular weight is 251 g/mol. The molecule has 2 rings (SSSR count). The van der Waals surface area contributed by atoms with Gasteiger partial charge in [0.1, 0.15) is 5.75 Å². The van der Waals surface area contributed by atoms with Crippen molar-refractivity contribution < 1.29 is 4.74 Å². The summed E-state index contributed by atoms with van der Waals surface area (Å²) in [6.07, 6.45) is 2.16. The van der Waals surface area contributed by atoms with Crippen LogP contribution in [-0.4, -0.2) is 31.2 Å². The Labute approximate surface area is 108 Å². The topological polar surface area (TPSA) is 21.3 Å². The Morgan fingerprint density at radius 3 is 3.00 bits per heavy atom. The summed E-state index contributed by atoms with van der Waals surface area (Å²) < 4.78 is 5.36. The Kier molecular flexibility index (Phi) is 4.75. The molecule has 1 aromatic rings. The minimum absolute atomic E-state index is 0.631. The lowest BCUT2D eigenvalue weighted by molar-refractivity contribution is 0.410. The van der Waals surface area contributed by atoms with Gasteiger partial charge in [-0.05, 0) is 30.0 Å². The fourth-order valence-corrected chi connectivity index (χ4v) is 3.22. The summed E-state index contributed by atoms with van der Waals surface area (Å²) in [6.45, 7) is 3.32. The molecule has 1 aliphatic rings. The molecule has 1 N–H and O–H groups in total. The molecular weight excluding hydrogens is 230 g/mol. The lowest BCUT2D eigenvalue weighted by Crippen LogP contribution is -2.38. The molecular formula is C14H21NOS. The van der Waals surface area contributed by atoms with Gasteiger partial charge in [0.15, 0.2) is 0 Å². The van der Waals surface area contributed by atoms with Gasteiger partial charge in [0.05, 0.1) is 7.11 Å². The first kappa shape index (κ1) is 12.8. The van der Waals surface area contributed by atoms with E-state index in [1.54, 1.807) is 7.11 Å². The highest BCUT2D eigenvalue weighted by Gasteiger charge is 2.14. The van der Waals surface area contributed by atoms with E-state index in [9.17, 15) is 0 Å². The van der Waals surface area contributed by atoms with Crippen molar-refractivity contribution >= 4 is 11.8 Å². The number of aryl methyl sites for hydroxylation is 1. The Balaban J connectivity index is 2.05. The maximum absolute atomic E-state index is 5.36. The van der Waals surface area contributed by atoms with Crippen LogP contribution < -0.4 is 10.1 Å². The Morgan fingerprint density at radius 1 is 1.47 bits per heavy atom. The van der Waals surface area contributed by atoms with E-state index in [1.165, 1.54) is 22.6 Å². The second-order valence-electron chi connectivity index (χ2n) is 4.43. The van der Waals surface area contributed by atoms with Gasteiger partial charge in [0.2, 0.25) is 0 Å². The molecule has 0 amide bonds. The predicted molar refractivity (Wildman–Crippen MR) is 75.2 cm³/mol. The van der Waals surface area contributed by atoms with Crippen molar-refractivity contribution in [3.8, 4) is 5.75 Å². The van der Waals surface area contributed by atoms with Crippen molar-refractivity contribution in [2.45, 2.75) is 25.8 Å². The standard InChI is InChI=1S/C14H21NOS/c1-3-12-8-11(4-5-14(12)16-2)9-13-10-17-7-6-15-13/h4-5,8,13,15H,3,6-7,9-10H2,1-2H3. The van der Waals surface area contributed by atoms with E-state index < -0.39 is 0 Å². The molecule has 0 spiro atoms. The zero-order valence-corrected chi connectivity index (χ0v) is 11.5. The van der Waals surface area contributed by atoms with Crippen LogP contribution in [0, 0.1) is 0 Å². The van der Waals surface area contributed by atoms with Crippen LogP contribution in [0.25, 0.3) is 0 Å². The molecule has 1 aliphatic heterocycles. The largest absolute Gasteiger partial charge is 0.496 e. The number of hydrogen-bond donors (Lipinski definition) is 1. The molecule has 0 aliphatic carbocycles. The number of nitrogens with one attached hydrogen (secondary N) is 1. The van der Waals surface area contributed by atoms with Crippen LogP contribution in [-0.2, 0) is 12.8 Å². The lowest BCUT2D eigenvalue weighted by Gasteiger charge is -2.23.